The maximum absolute atomic E-state index is 12.0. The van der Waals surface area contributed by atoms with E-state index in [2.05, 4.69) is 21.3 Å². The number of nitrogens with zero attached hydrogens (tertiary/aromatic N) is 4. The molecule has 2 aliphatic heterocycles. The number of hydrogen-bond acceptors (Lipinski definition) is 6. The smallest absolute Gasteiger partial charge is 0.296 e. The molecule has 0 spiro atoms. The second-order valence-electron chi connectivity index (χ2n) is 9.19. The van der Waals surface area contributed by atoms with Gasteiger partial charge in [-0.05, 0) is 74.8 Å². The molecule has 2 fully saturated rings. The maximum Gasteiger partial charge on any atom is 0.296 e. The Kier molecular flexibility index (Phi) is 6.63. The van der Waals surface area contributed by atoms with Crippen LogP contribution in [0.1, 0.15) is 47.6 Å². The van der Waals surface area contributed by atoms with E-state index in [-0.39, 0.29) is 28.8 Å². The minimum atomic E-state index is -0.372. The Balaban J connectivity index is 1.62. The molecule has 188 valence electrons. The molecule has 2 saturated heterocycles. The van der Waals surface area contributed by atoms with E-state index in [0.29, 0.717) is 23.1 Å². The maximum atomic E-state index is 12.0. The Morgan fingerprint density at radius 1 is 1.28 bits per heavy atom. The zero-order valence-corrected chi connectivity index (χ0v) is 21.3. The lowest BCUT2D eigenvalue weighted by atomic mass is 9.96. The van der Waals surface area contributed by atoms with Crippen molar-refractivity contribution in [2.75, 3.05) is 20.3 Å². The lowest BCUT2D eigenvalue weighted by Gasteiger charge is -2.30. The molecule has 2 aromatic heterocycles. The highest BCUT2D eigenvalue weighted by Gasteiger charge is 2.42. The van der Waals surface area contributed by atoms with Gasteiger partial charge in [0.1, 0.15) is 11.4 Å². The Morgan fingerprint density at radius 3 is 2.78 bits per heavy atom. The highest BCUT2D eigenvalue weighted by atomic mass is 32.1. The molecular weight excluding hydrogens is 478 g/mol. The minimum Gasteiger partial charge on any atom is -0.496 e. The lowest BCUT2D eigenvalue weighted by Crippen LogP contribution is -2.36. The van der Waals surface area contributed by atoms with Crippen molar-refractivity contribution in [1.29, 1.82) is 0 Å². The zero-order chi connectivity index (χ0) is 25.4. The number of thiocarbonyl (C=S) groups is 1. The largest absolute Gasteiger partial charge is 0.496 e. The summed E-state index contributed by atoms with van der Waals surface area (Å²) in [5.74, 6) is 0.441. The molecule has 5 rings (SSSR count). The van der Waals surface area contributed by atoms with Crippen LogP contribution in [0.15, 0.2) is 48.7 Å². The number of ether oxygens (including phenoxy) is 2. The summed E-state index contributed by atoms with van der Waals surface area (Å²) in [4.78, 5) is 18.4. The Hall–Kier alpha value is -3.50. The van der Waals surface area contributed by atoms with E-state index < -0.39 is 0 Å². The standard InChI is InChI=1S/C26H29N5O4S/c1-16-13-20(17(2)30(16)22-10-9-18(34-3)14-23(22)31(32)33)25-24(21-8-4-5-11-27-21)28-26(36)29(25)15-19-7-6-12-35-19/h4-5,8-11,13-14,19,24-25H,6-7,12,15H2,1-3H3,(H,28,36). The second kappa shape index (κ2) is 9.87. The summed E-state index contributed by atoms with van der Waals surface area (Å²) in [7, 11) is 1.50. The monoisotopic (exact) mass is 507 g/mol. The van der Waals surface area contributed by atoms with Crippen LogP contribution in [0.4, 0.5) is 5.69 Å². The van der Waals surface area contributed by atoms with Gasteiger partial charge >= 0.3 is 0 Å². The number of aryl methyl sites for hydroxylation is 1. The van der Waals surface area contributed by atoms with Crippen LogP contribution in [0, 0.1) is 24.0 Å². The molecule has 1 N–H and O–H groups in total. The Morgan fingerprint density at radius 2 is 2.11 bits per heavy atom. The van der Waals surface area contributed by atoms with Crippen molar-refractivity contribution in [2.24, 2.45) is 0 Å². The van der Waals surface area contributed by atoms with E-state index in [1.165, 1.54) is 13.2 Å². The number of nitro benzene ring substituents is 1. The molecule has 0 amide bonds. The number of aromatic nitrogens is 2. The van der Waals surface area contributed by atoms with Crippen molar-refractivity contribution >= 4 is 23.0 Å². The quantitative estimate of drug-likeness (QED) is 0.283. The van der Waals surface area contributed by atoms with Gasteiger partial charge in [0.15, 0.2) is 5.11 Å². The van der Waals surface area contributed by atoms with Crippen molar-refractivity contribution in [3.8, 4) is 11.4 Å². The van der Waals surface area contributed by atoms with Gasteiger partial charge < -0.3 is 24.3 Å². The summed E-state index contributed by atoms with van der Waals surface area (Å²) in [5, 5.41) is 16.1. The fraction of sp³-hybridized carbons (Fsp3) is 0.385. The fourth-order valence-corrected chi connectivity index (χ4v) is 5.69. The van der Waals surface area contributed by atoms with Crippen molar-refractivity contribution < 1.29 is 14.4 Å². The van der Waals surface area contributed by atoms with Crippen LogP contribution in [0.2, 0.25) is 0 Å². The summed E-state index contributed by atoms with van der Waals surface area (Å²) in [6, 6.07) is 12.6. The van der Waals surface area contributed by atoms with E-state index in [9.17, 15) is 10.1 Å². The Labute approximate surface area is 215 Å². The Bertz CT molecular complexity index is 1290. The van der Waals surface area contributed by atoms with Gasteiger partial charge in [-0.15, -0.1) is 0 Å². The van der Waals surface area contributed by atoms with E-state index in [1.807, 2.05) is 36.6 Å². The van der Waals surface area contributed by atoms with E-state index >= 15 is 0 Å². The molecule has 3 unspecified atom stereocenters. The minimum absolute atomic E-state index is 0.0137. The third-order valence-corrected chi connectivity index (χ3v) is 7.38. The first kappa shape index (κ1) is 24.2. The van der Waals surface area contributed by atoms with Crippen LogP contribution in [0.5, 0.6) is 5.75 Å². The van der Waals surface area contributed by atoms with Crippen LogP contribution in [-0.4, -0.2) is 50.9 Å². The highest BCUT2D eigenvalue weighted by molar-refractivity contribution is 7.80. The number of nitro groups is 1. The summed E-state index contributed by atoms with van der Waals surface area (Å²) in [6.45, 7) is 5.40. The van der Waals surface area contributed by atoms with Crippen molar-refractivity contribution in [3.63, 3.8) is 0 Å². The number of pyridine rings is 1. The van der Waals surface area contributed by atoms with Gasteiger partial charge in [0.25, 0.3) is 5.69 Å². The van der Waals surface area contributed by atoms with Gasteiger partial charge in [0, 0.05) is 30.7 Å². The number of benzene rings is 1. The lowest BCUT2D eigenvalue weighted by molar-refractivity contribution is -0.384. The van der Waals surface area contributed by atoms with Crippen LogP contribution in [0.25, 0.3) is 5.69 Å². The summed E-state index contributed by atoms with van der Waals surface area (Å²) in [5.41, 5.74) is 4.22. The number of hydrogen-bond donors (Lipinski definition) is 1. The molecular formula is C26H29N5O4S. The van der Waals surface area contributed by atoms with Gasteiger partial charge in [-0.1, -0.05) is 6.07 Å². The first-order valence-electron chi connectivity index (χ1n) is 12.0. The summed E-state index contributed by atoms with van der Waals surface area (Å²) >= 11 is 5.81. The number of methoxy groups -OCH3 is 1. The topological polar surface area (TPSA) is 94.7 Å². The first-order chi connectivity index (χ1) is 17.4. The summed E-state index contributed by atoms with van der Waals surface area (Å²) < 4.78 is 13.1. The molecule has 10 heteroatoms. The van der Waals surface area contributed by atoms with Gasteiger partial charge in [-0.25, -0.2) is 0 Å². The third kappa shape index (κ3) is 4.31. The zero-order valence-electron chi connectivity index (χ0n) is 20.5. The average molecular weight is 508 g/mol. The molecule has 0 aliphatic carbocycles. The molecule has 36 heavy (non-hydrogen) atoms. The van der Waals surface area contributed by atoms with Crippen LogP contribution in [0.3, 0.4) is 0 Å². The number of rotatable bonds is 7. The fourth-order valence-electron chi connectivity index (χ4n) is 5.37. The van der Waals surface area contributed by atoms with Gasteiger partial charge in [0.2, 0.25) is 0 Å². The first-order valence-corrected chi connectivity index (χ1v) is 12.4. The molecule has 3 aromatic rings. The predicted molar refractivity (Wildman–Crippen MR) is 140 cm³/mol. The van der Waals surface area contributed by atoms with Gasteiger partial charge in [-0.3, -0.25) is 15.1 Å². The molecule has 2 aliphatic rings. The van der Waals surface area contributed by atoms with Crippen LogP contribution in [-0.2, 0) is 4.74 Å². The van der Waals surface area contributed by atoms with Crippen molar-refractivity contribution in [1.82, 2.24) is 19.8 Å². The average Bonchev–Trinajstić information content (AvgIpc) is 3.58. The van der Waals surface area contributed by atoms with E-state index in [0.717, 1.165) is 42.1 Å². The van der Waals surface area contributed by atoms with E-state index in [4.69, 9.17) is 21.7 Å². The molecule has 1 aromatic carbocycles. The van der Waals surface area contributed by atoms with Gasteiger partial charge in [0.05, 0.1) is 42.0 Å². The van der Waals surface area contributed by atoms with Gasteiger partial charge in [-0.2, -0.15) is 0 Å². The van der Waals surface area contributed by atoms with Crippen molar-refractivity contribution in [3.05, 3.63) is 81.4 Å². The predicted octanol–water partition coefficient (Wildman–Crippen LogP) is 4.56. The van der Waals surface area contributed by atoms with E-state index in [1.54, 1.807) is 18.3 Å². The molecule has 3 atom stereocenters. The SMILES string of the molecule is COc1ccc(-n2c(C)cc(C3C(c4ccccn4)NC(=S)N3CC3CCCO3)c2C)c([N+](=O)[O-])c1. The molecule has 9 nitrogen and oxygen atoms in total. The molecule has 0 bridgehead atoms. The van der Waals surface area contributed by atoms with Crippen molar-refractivity contribution in [2.45, 2.75) is 44.9 Å². The molecule has 0 saturated carbocycles. The van der Waals surface area contributed by atoms with Crippen LogP contribution >= 0.6 is 12.2 Å². The van der Waals surface area contributed by atoms with Crippen LogP contribution < -0.4 is 10.1 Å². The summed E-state index contributed by atoms with van der Waals surface area (Å²) in [6.07, 6.45) is 3.94. The normalized spacial score (nSPS) is 21.6. The third-order valence-electron chi connectivity index (χ3n) is 7.03. The second-order valence-corrected chi connectivity index (χ2v) is 9.57. The highest BCUT2D eigenvalue weighted by Crippen LogP contribution is 2.42. The molecule has 0 radical (unpaired) electrons. The molecule has 4 heterocycles. The number of nitrogens with one attached hydrogen (secondary N) is 1.